The minimum absolute atomic E-state index is 0.635. The van der Waals surface area contributed by atoms with Crippen LogP contribution in [0, 0.1) is 0 Å². The second-order valence-corrected chi connectivity index (χ2v) is 14.1. The molecule has 0 N–H and O–H groups in total. The third-order valence-corrected chi connectivity index (χ3v) is 10.8. The van der Waals surface area contributed by atoms with E-state index in [2.05, 4.69) is 140 Å². The van der Waals surface area contributed by atoms with Gasteiger partial charge in [-0.3, -0.25) is 0 Å². The summed E-state index contributed by atoms with van der Waals surface area (Å²) < 4.78 is 12.8. The minimum Gasteiger partial charge on any atom is -0.456 e. The molecular formula is C52H32N2O2. The SMILES string of the molecule is c1ccc(-c2ccc(-c3ccc(-c4ccc5c(c4)oc4cccc(-c6nc(-c7ccccc7)cc(-c7ccc8c(c7)oc7ccccc78)n6)c45)cc3)cc2)cc1. The molecule has 262 valence electrons. The quantitative estimate of drug-likeness (QED) is 0.172. The van der Waals surface area contributed by atoms with E-state index in [1.54, 1.807) is 0 Å². The molecule has 0 amide bonds. The number of aromatic nitrogens is 2. The van der Waals surface area contributed by atoms with Crippen molar-refractivity contribution in [1.82, 2.24) is 9.97 Å². The summed E-state index contributed by atoms with van der Waals surface area (Å²) in [7, 11) is 0. The number of furan rings is 2. The van der Waals surface area contributed by atoms with Crippen LogP contribution in [-0.2, 0) is 0 Å². The molecule has 0 bridgehead atoms. The van der Waals surface area contributed by atoms with Crippen molar-refractivity contribution in [3.63, 3.8) is 0 Å². The van der Waals surface area contributed by atoms with Crippen molar-refractivity contribution in [3.05, 3.63) is 194 Å². The van der Waals surface area contributed by atoms with Crippen LogP contribution in [0.1, 0.15) is 0 Å². The first kappa shape index (κ1) is 31.9. The third-order valence-electron chi connectivity index (χ3n) is 10.8. The summed E-state index contributed by atoms with van der Waals surface area (Å²) >= 11 is 0. The fraction of sp³-hybridized carbons (Fsp3) is 0. The van der Waals surface area contributed by atoms with Crippen LogP contribution in [0.3, 0.4) is 0 Å². The van der Waals surface area contributed by atoms with Gasteiger partial charge in [0.15, 0.2) is 5.82 Å². The Bertz CT molecular complexity index is 3220. The molecule has 0 atom stereocenters. The van der Waals surface area contributed by atoms with Crippen molar-refractivity contribution < 1.29 is 8.83 Å². The number of para-hydroxylation sites is 1. The first-order valence-corrected chi connectivity index (χ1v) is 18.8. The van der Waals surface area contributed by atoms with Gasteiger partial charge in [0.05, 0.1) is 11.4 Å². The lowest BCUT2D eigenvalue weighted by atomic mass is 9.97. The number of benzene rings is 8. The van der Waals surface area contributed by atoms with Crippen LogP contribution in [0.15, 0.2) is 203 Å². The molecule has 3 heterocycles. The van der Waals surface area contributed by atoms with E-state index < -0.39 is 0 Å². The molecule has 0 saturated heterocycles. The molecule has 0 aliphatic heterocycles. The number of rotatable bonds is 6. The average molecular weight is 717 g/mol. The summed E-state index contributed by atoms with van der Waals surface area (Å²) in [5, 5.41) is 4.20. The molecule has 56 heavy (non-hydrogen) atoms. The first-order valence-electron chi connectivity index (χ1n) is 18.8. The Morgan fingerprint density at radius 3 is 1.46 bits per heavy atom. The number of nitrogens with zero attached hydrogens (tertiary/aromatic N) is 2. The van der Waals surface area contributed by atoms with Gasteiger partial charge < -0.3 is 8.83 Å². The summed E-state index contributed by atoms with van der Waals surface area (Å²) in [6.07, 6.45) is 0. The van der Waals surface area contributed by atoms with Crippen molar-refractivity contribution in [1.29, 1.82) is 0 Å². The van der Waals surface area contributed by atoms with Crippen LogP contribution in [-0.4, -0.2) is 9.97 Å². The lowest BCUT2D eigenvalue weighted by Crippen LogP contribution is -1.96. The Labute approximate surface area is 323 Å². The zero-order valence-electron chi connectivity index (χ0n) is 30.2. The van der Waals surface area contributed by atoms with Crippen LogP contribution in [0.2, 0.25) is 0 Å². The Kier molecular flexibility index (Phi) is 7.46. The molecule has 11 aromatic rings. The molecule has 0 aliphatic carbocycles. The lowest BCUT2D eigenvalue weighted by molar-refractivity contribution is 0.668. The molecule has 0 aliphatic rings. The van der Waals surface area contributed by atoms with Gasteiger partial charge in [0.1, 0.15) is 22.3 Å². The van der Waals surface area contributed by atoms with Crippen molar-refractivity contribution >= 4 is 43.9 Å². The predicted octanol–water partition coefficient (Wildman–Crippen LogP) is 14.3. The van der Waals surface area contributed by atoms with Crippen molar-refractivity contribution in [2.75, 3.05) is 0 Å². The fourth-order valence-corrected chi connectivity index (χ4v) is 7.89. The third kappa shape index (κ3) is 5.55. The van der Waals surface area contributed by atoms with Crippen LogP contribution in [0.25, 0.3) is 111 Å². The standard InChI is InChI=1S/C52H32N2O2/c1-3-10-33(11-4-1)34-18-20-35(21-19-34)36-22-24-37(25-23-36)39-26-29-43-50(30-39)56-48-17-9-15-44(51(43)48)52-53-45(38-12-5-2-6-13-38)32-46(54-52)40-27-28-42-41-14-7-8-16-47(41)55-49(42)31-40/h1-32H. The van der Waals surface area contributed by atoms with Gasteiger partial charge in [0, 0.05) is 38.2 Å². The smallest absolute Gasteiger partial charge is 0.161 e. The Hall–Kier alpha value is -7.56. The zero-order valence-corrected chi connectivity index (χ0v) is 30.2. The molecule has 4 heteroatoms. The van der Waals surface area contributed by atoms with E-state index in [0.29, 0.717) is 5.82 Å². The molecule has 8 aromatic carbocycles. The maximum absolute atomic E-state index is 6.56. The van der Waals surface area contributed by atoms with Gasteiger partial charge >= 0.3 is 0 Å². The largest absolute Gasteiger partial charge is 0.456 e. The van der Waals surface area contributed by atoms with Gasteiger partial charge in [-0.25, -0.2) is 9.97 Å². The Balaban J connectivity index is 0.972. The maximum atomic E-state index is 6.56. The number of fused-ring (bicyclic) bond motifs is 6. The maximum Gasteiger partial charge on any atom is 0.161 e. The summed E-state index contributed by atoms with van der Waals surface area (Å²) in [6.45, 7) is 0. The van der Waals surface area contributed by atoms with Gasteiger partial charge in [-0.15, -0.1) is 0 Å². The van der Waals surface area contributed by atoms with E-state index in [-0.39, 0.29) is 0 Å². The van der Waals surface area contributed by atoms with Gasteiger partial charge in [-0.1, -0.05) is 152 Å². The van der Waals surface area contributed by atoms with E-state index in [1.165, 1.54) is 22.3 Å². The van der Waals surface area contributed by atoms with Crippen LogP contribution < -0.4 is 0 Å². The molecule has 0 unspecified atom stereocenters. The molecular weight excluding hydrogens is 685 g/mol. The summed E-state index contributed by atoms with van der Waals surface area (Å²) in [6, 6.07) is 67.4. The molecule has 0 fully saturated rings. The summed E-state index contributed by atoms with van der Waals surface area (Å²) in [5.74, 6) is 0.635. The van der Waals surface area contributed by atoms with Gasteiger partial charge in [-0.2, -0.15) is 0 Å². The minimum atomic E-state index is 0.635. The van der Waals surface area contributed by atoms with Crippen molar-refractivity contribution in [3.8, 4) is 67.3 Å². The second kappa shape index (κ2) is 13.1. The number of hydrogen-bond donors (Lipinski definition) is 0. The van der Waals surface area contributed by atoms with E-state index in [4.69, 9.17) is 18.8 Å². The first-order chi connectivity index (χ1) is 27.7. The Morgan fingerprint density at radius 2 is 0.750 bits per heavy atom. The monoisotopic (exact) mass is 716 g/mol. The van der Waals surface area contributed by atoms with Gasteiger partial charge in [0.25, 0.3) is 0 Å². The molecule has 4 nitrogen and oxygen atoms in total. The normalized spacial score (nSPS) is 11.6. The van der Waals surface area contributed by atoms with Gasteiger partial charge in [-0.05, 0) is 75.8 Å². The predicted molar refractivity (Wildman–Crippen MR) is 229 cm³/mol. The highest BCUT2D eigenvalue weighted by molar-refractivity contribution is 6.12. The lowest BCUT2D eigenvalue weighted by Gasteiger charge is -2.10. The highest BCUT2D eigenvalue weighted by Crippen LogP contribution is 2.40. The van der Waals surface area contributed by atoms with E-state index in [9.17, 15) is 0 Å². The highest BCUT2D eigenvalue weighted by atomic mass is 16.3. The van der Waals surface area contributed by atoms with E-state index in [0.717, 1.165) is 83.1 Å². The van der Waals surface area contributed by atoms with Crippen LogP contribution in [0.4, 0.5) is 0 Å². The van der Waals surface area contributed by atoms with Gasteiger partial charge in [0.2, 0.25) is 0 Å². The van der Waals surface area contributed by atoms with E-state index in [1.807, 2.05) is 54.6 Å². The summed E-state index contributed by atoms with van der Waals surface area (Å²) in [4.78, 5) is 10.4. The molecule has 0 saturated carbocycles. The van der Waals surface area contributed by atoms with E-state index >= 15 is 0 Å². The second-order valence-electron chi connectivity index (χ2n) is 14.1. The topological polar surface area (TPSA) is 52.1 Å². The molecule has 0 radical (unpaired) electrons. The van der Waals surface area contributed by atoms with Crippen LogP contribution >= 0.6 is 0 Å². The fourth-order valence-electron chi connectivity index (χ4n) is 7.89. The Morgan fingerprint density at radius 1 is 0.286 bits per heavy atom. The highest BCUT2D eigenvalue weighted by Gasteiger charge is 2.18. The number of hydrogen-bond acceptors (Lipinski definition) is 4. The van der Waals surface area contributed by atoms with Crippen molar-refractivity contribution in [2.45, 2.75) is 0 Å². The molecule has 3 aromatic heterocycles. The average Bonchev–Trinajstić information content (AvgIpc) is 3.85. The van der Waals surface area contributed by atoms with Crippen molar-refractivity contribution in [2.24, 2.45) is 0 Å². The molecule has 11 rings (SSSR count). The molecule has 0 spiro atoms. The van der Waals surface area contributed by atoms with Crippen LogP contribution in [0.5, 0.6) is 0 Å². The summed E-state index contributed by atoms with van der Waals surface area (Å²) in [5.41, 5.74) is 14.9. The zero-order chi connectivity index (χ0) is 37.0.